The van der Waals surface area contributed by atoms with Crippen LogP contribution in [0.2, 0.25) is 0 Å². The number of hydrogen-bond donors (Lipinski definition) is 0. The van der Waals surface area contributed by atoms with Crippen LogP contribution in [0.5, 0.6) is 0 Å². The second-order valence-corrected chi connectivity index (χ2v) is 20.5. The van der Waals surface area contributed by atoms with Crippen LogP contribution in [0, 0.1) is 17.8 Å². The Labute approximate surface area is 393 Å². The molecule has 0 spiro atoms. The largest absolute Gasteiger partial charge is 0.462 e. The van der Waals surface area contributed by atoms with Crippen molar-refractivity contribution < 1.29 is 28.6 Å². The van der Waals surface area contributed by atoms with Gasteiger partial charge in [-0.3, -0.25) is 14.4 Å². The fourth-order valence-electron chi connectivity index (χ4n) is 8.58. The summed E-state index contributed by atoms with van der Waals surface area (Å²) in [6, 6.07) is 0. The molecule has 0 bridgehead atoms. The van der Waals surface area contributed by atoms with Gasteiger partial charge in [-0.15, -0.1) is 0 Å². The lowest BCUT2D eigenvalue weighted by molar-refractivity contribution is -0.167. The van der Waals surface area contributed by atoms with Crippen LogP contribution in [0.4, 0.5) is 0 Å². The standard InChI is InChI=1S/C57H110O6/c1-7-52(5)44-38-32-26-20-17-18-22-29-35-41-47-56(59)62-50-54(63-57(60)48-42-36-30-24-23-27-33-39-45-53(6)8-2)49-61-55(58)46-40-34-28-21-16-14-12-10-9-11-13-15-19-25-31-37-43-51(3)4/h51-54H,7-50H2,1-6H3/t52?,53?,54-/m0/s1. The number of carbonyl (C=O) groups excluding carboxylic acids is 3. The zero-order valence-corrected chi connectivity index (χ0v) is 43.4. The molecule has 0 aromatic heterocycles. The molecular weight excluding hydrogens is 781 g/mol. The molecule has 0 aliphatic carbocycles. The molecule has 6 nitrogen and oxygen atoms in total. The predicted molar refractivity (Wildman–Crippen MR) is 270 cm³/mol. The van der Waals surface area contributed by atoms with E-state index in [4.69, 9.17) is 14.2 Å². The molecule has 0 aliphatic rings. The van der Waals surface area contributed by atoms with E-state index in [1.165, 1.54) is 193 Å². The fourth-order valence-corrected chi connectivity index (χ4v) is 8.58. The molecule has 0 saturated heterocycles. The Balaban J connectivity index is 4.28. The van der Waals surface area contributed by atoms with Gasteiger partial charge in [0, 0.05) is 19.3 Å². The monoisotopic (exact) mass is 891 g/mol. The second kappa shape index (κ2) is 48.3. The van der Waals surface area contributed by atoms with Gasteiger partial charge in [-0.2, -0.15) is 0 Å². The van der Waals surface area contributed by atoms with Gasteiger partial charge in [-0.05, 0) is 37.0 Å². The number of hydrogen-bond acceptors (Lipinski definition) is 6. The number of unbranched alkanes of at least 4 members (excludes halogenated alkanes) is 31. The normalized spacial score (nSPS) is 13.0. The average Bonchev–Trinajstić information content (AvgIpc) is 3.27. The van der Waals surface area contributed by atoms with Crippen LogP contribution in [0.3, 0.4) is 0 Å². The maximum absolute atomic E-state index is 12.8. The molecule has 0 fully saturated rings. The molecule has 0 N–H and O–H groups in total. The van der Waals surface area contributed by atoms with E-state index in [1.54, 1.807) is 0 Å². The number of carbonyl (C=O) groups is 3. The molecule has 0 amide bonds. The van der Waals surface area contributed by atoms with Crippen molar-refractivity contribution in [2.75, 3.05) is 13.2 Å². The average molecular weight is 892 g/mol. The SMILES string of the molecule is CCC(C)CCCCCCCCCCCCC(=O)OC[C@H](COC(=O)CCCCCCCCCCCCCCCCCCC(C)C)OC(=O)CCCCCCCCCCC(C)CC. The molecule has 0 heterocycles. The molecule has 0 aromatic rings. The van der Waals surface area contributed by atoms with Crippen molar-refractivity contribution in [1.82, 2.24) is 0 Å². The van der Waals surface area contributed by atoms with Crippen LogP contribution in [0.1, 0.15) is 311 Å². The van der Waals surface area contributed by atoms with E-state index in [2.05, 4.69) is 41.5 Å². The Kier molecular flexibility index (Phi) is 47.1. The summed E-state index contributed by atoms with van der Waals surface area (Å²) in [7, 11) is 0. The lowest BCUT2D eigenvalue weighted by atomic mass is 9.99. The van der Waals surface area contributed by atoms with E-state index in [9.17, 15) is 14.4 Å². The summed E-state index contributed by atoms with van der Waals surface area (Å²) < 4.78 is 16.9. The number of esters is 3. The zero-order chi connectivity index (χ0) is 46.3. The molecule has 0 rings (SSSR count). The Hall–Kier alpha value is -1.59. The molecule has 0 saturated carbocycles. The molecule has 0 radical (unpaired) electrons. The first-order valence-electron chi connectivity index (χ1n) is 28.2. The first kappa shape index (κ1) is 61.4. The van der Waals surface area contributed by atoms with E-state index in [0.29, 0.717) is 19.3 Å². The smallest absolute Gasteiger partial charge is 0.306 e. The van der Waals surface area contributed by atoms with Crippen LogP contribution in [0.25, 0.3) is 0 Å². The number of ether oxygens (including phenoxy) is 3. The molecule has 0 aliphatic heterocycles. The van der Waals surface area contributed by atoms with Gasteiger partial charge in [-0.25, -0.2) is 0 Å². The van der Waals surface area contributed by atoms with Crippen molar-refractivity contribution in [1.29, 1.82) is 0 Å². The maximum Gasteiger partial charge on any atom is 0.306 e. The quantitative estimate of drug-likeness (QED) is 0.0344. The van der Waals surface area contributed by atoms with Crippen LogP contribution in [-0.2, 0) is 28.6 Å². The molecule has 2 unspecified atom stereocenters. The van der Waals surface area contributed by atoms with Crippen LogP contribution in [-0.4, -0.2) is 37.2 Å². The Morgan fingerprint density at radius 3 is 0.825 bits per heavy atom. The second-order valence-electron chi connectivity index (χ2n) is 20.5. The van der Waals surface area contributed by atoms with Crippen LogP contribution in [0.15, 0.2) is 0 Å². The van der Waals surface area contributed by atoms with E-state index in [-0.39, 0.29) is 31.1 Å². The highest BCUT2D eigenvalue weighted by Crippen LogP contribution is 2.19. The molecule has 6 heteroatoms. The zero-order valence-electron chi connectivity index (χ0n) is 43.4. The highest BCUT2D eigenvalue weighted by molar-refractivity contribution is 5.71. The Bertz CT molecular complexity index is 980. The van der Waals surface area contributed by atoms with Crippen LogP contribution >= 0.6 is 0 Å². The van der Waals surface area contributed by atoms with Crippen LogP contribution < -0.4 is 0 Å². The van der Waals surface area contributed by atoms with E-state index >= 15 is 0 Å². The molecular formula is C57H110O6. The summed E-state index contributed by atoms with van der Waals surface area (Å²) >= 11 is 0. The van der Waals surface area contributed by atoms with Gasteiger partial charge in [0.1, 0.15) is 13.2 Å². The summed E-state index contributed by atoms with van der Waals surface area (Å²) in [5, 5.41) is 0. The summed E-state index contributed by atoms with van der Waals surface area (Å²) in [6.45, 7) is 13.8. The fraction of sp³-hybridized carbons (Fsp3) is 0.947. The molecule has 63 heavy (non-hydrogen) atoms. The third kappa shape index (κ3) is 48.2. The van der Waals surface area contributed by atoms with E-state index < -0.39 is 6.10 Å². The Morgan fingerprint density at radius 2 is 0.556 bits per heavy atom. The van der Waals surface area contributed by atoms with Gasteiger partial charge in [-0.1, -0.05) is 273 Å². The number of rotatable bonds is 50. The first-order chi connectivity index (χ1) is 30.7. The summed E-state index contributed by atoms with van der Waals surface area (Å²) in [6.07, 6.45) is 49.4. The van der Waals surface area contributed by atoms with Gasteiger partial charge >= 0.3 is 17.9 Å². The minimum absolute atomic E-state index is 0.0643. The van der Waals surface area contributed by atoms with Gasteiger partial charge < -0.3 is 14.2 Å². The lowest BCUT2D eigenvalue weighted by Gasteiger charge is -2.18. The van der Waals surface area contributed by atoms with E-state index in [1.807, 2.05) is 0 Å². The summed E-state index contributed by atoms with van der Waals surface area (Å²) in [4.78, 5) is 38.1. The Morgan fingerprint density at radius 1 is 0.317 bits per heavy atom. The van der Waals surface area contributed by atoms with E-state index in [0.717, 1.165) is 75.5 Å². The third-order valence-electron chi connectivity index (χ3n) is 13.6. The minimum atomic E-state index is -0.764. The highest BCUT2D eigenvalue weighted by Gasteiger charge is 2.19. The highest BCUT2D eigenvalue weighted by atomic mass is 16.6. The lowest BCUT2D eigenvalue weighted by Crippen LogP contribution is -2.30. The molecule has 3 atom stereocenters. The van der Waals surface area contributed by atoms with Crippen molar-refractivity contribution in [2.45, 2.75) is 317 Å². The van der Waals surface area contributed by atoms with Gasteiger partial charge in [0.05, 0.1) is 0 Å². The van der Waals surface area contributed by atoms with Gasteiger partial charge in [0.15, 0.2) is 6.10 Å². The first-order valence-corrected chi connectivity index (χ1v) is 28.2. The summed E-state index contributed by atoms with van der Waals surface area (Å²) in [5.74, 6) is 1.72. The van der Waals surface area contributed by atoms with Crippen molar-refractivity contribution >= 4 is 17.9 Å². The molecule has 0 aromatic carbocycles. The van der Waals surface area contributed by atoms with Gasteiger partial charge in [0.25, 0.3) is 0 Å². The topological polar surface area (TPSA) is 78.9 Å². The minimum Gasteiger partial charge on any atom is -0.462 e. The molecule has 374 valence electrons. The van der Waals surface area contributed by atoms with Crippen molar-refractivity contribution in [3.05, 3.63) is 0 Å². The van der Waals surface area contributed by atoms with Crippen molar-refractivity contribution in [3.63, 3.8) is 0 Å². The van der Waals surface area contributed by atoms with Gasteiger partial charge in [0.2, 0.25) is 0 Å². The third-order valence-corrected chi connectivity index (χ3v) is 13.6. The predicted octanol–water partition coefficient (Wildman–Crippen LogP) is 18.3. The maximum atomic E-state index is 12.8. The summed E-state index contributed by atoms with van der Waals surface area (Å²) in [5.41, 5.74) is 0. The van der Waals surface area contributed by atoms with Crippen molar-refractivity contribution in [3.8, 4) is 0 Å². The van der Waals surface area contributed by atoms with Crippen molar-refractivity contribution in [2.24, 2.45) is 17.8 Å².